The Labute approximate surface area is 310 Å². The zero-order chi connectivity index (χ0) is 34.2. The van der Waals surface area contributed by atoms with Crippen molar-refractivity contribution in [3.8, 4) is 33.6 Å². The van der Waals surface area contributed by atoms with Crippen molar-refractivity contribution in [2.24, 2.45) is 0 Å². The molecule has 0 aliphatic rings. The topological polar surface area (TPSA) is 85.6 Å². The van der Waals surface area contributed by atoms with E-state index in [0.29, 0.717) is 29.4 Å². The molecule has 0 unspecified atom stereocenters. The molecule has 5 aromatic rings. The molecule has 9 heteroatoms. The molecule has 0 radical (unpaired) electrons. The number of carbonyl (C=O) groups is 2. The number of rotatable bonds is 14. The first-order valence-corrected chi connectivity index (χ1v) is 17.8. The number of carboxylic acid groups (broad SMARTS) is 1. The summed E-state index contributed by atoms with van der Waals surface area (Å²) in [6.45, 7) is 7.48. The average Bonchev–Trinajstić information content (AvgIpc) is 3.50. The summed E-state index contributed by atoms with van der Waals surface area (Å²) in [7, 11) is 0. The minimum atomic E-state index is -1.29. The fourth-order valence-electron chi connectivity index (χ4n) is 5.73. The van der Waals surface area contributed by atoms with Gasteiger partial charge < -0.3 is 19.6 Å². The van der Waals surface area contributed by atoms with Crippen LogP contribution in [-0.2, 0) is 17.9 Å². The van der Waals surface area contributed by atoms with E-state index in [0.717, 1.165) is 50.5 Å². The number of amides is 1. The van der Waals surface area contributed by atoms with Crippen LogP contribution >= 0.6 is 23.4 Å². The molecule has 0 aliphatic carbocycles. The van der Waals surface area contributed by atoms with Crippen molar-refractivity contribution in [3.05, 3.63) is 131 Å². The predicted molar refractivity (Wildman–Crippen MR) is 195 cm³/mol. The van der Waals surface area contributed by atoms with Crippen molar-refractivity contribution in [1.29, 1.82) is 0 Å². The quantitative estimate of drug-likeness (QED) is 0.161. The van der Waals surface area contributed by atoms with Gasteiger partial charge in [-0.25, -0.2) is 0 Å². The summed E-state index contributed by atoms with van der Waals surface area (Å²) in [5, 5.41) is 15.2. The normalized spacial score (nSPS) is 11.7. The van der Waals surface area contributed by atoms with Crippen LogP contribution in [0.2, 0.25) is 5.02 Å². The largest absolute Gasteiger partial charge is 1.00 e. The summed E-state index contributed by atoms with van der Waals surface area (Å²) in [4.78, 5) is 27.7. The predicted octanol–water partition coefficient (Wildman–Crippen LogP) is 5.26. The first-order chi connectivity index (χ1) is 23.1. The van der Waals surface area contributed by atoms with E-state index in [1.54, 1.807) is 6.07 Å². The van der Waals surface area contributed by atoms with Gasteiger partial charge >= 0.3 is 18.9 Å². The number of hydrogen-bond acceptors (Lipinski definition) is 6. The molecule has 4 aromatic carbocycles. The molecule has 0 spiro atoms. The van der Waals surface area contributed by atoms with Crippen molar-refractivity contribution < 1.29 is 38.0 Å². The SMILES string of the molecule is CSCC[C@H](NC(=O)c1ccc(CN(Cc2cc(-c3ccccc3)c(-c3ccc(Cl)cc3)o2)C(C)C)cc1-c1ccccc1C)C(=O)[O-].[Li+]. The molecular formula is C40H40ClLiN2O4S. The van der Waals surface area contributed by atoms with Crippen LogP contribution in [0.3, 0.4) is 0 Å². The second-order valence-electron chi connectivity index (χ2n) is 12.1. The maximum Gasteiger partial charge on any atom is 1.00 e. The minimum absolute atomic E-state index is 0. The van der Waals surface area contributed by atoms with Crippen LogP contribution in [0.25, 0.3) is 33.6 Å². The summed E-state index contributed by atoms with van der Waals surface area (Å²) >= 11 is 7.72. The first kappa shape index (κ1) is 38.1. The number of benzene rings is 4. The minimum Gasteiger partial charge on any atom is -0.548 e. The van der Waals surface area contributed by atoms with E-state index >= 15 is 0 Å². The van der Waals surface area contributed by atoms with Crippen molar-refractivity contribution >= 4 is 35.2 Å². The molecule has 0 fully saturated rings. The van der Waals surface area contributed by atoms with Crippen molar-refractivity contribution in [1.82, 2.24) is 10.2 Å². The number of halogens is 1. The van der Waals surface area contributed by atoms with Gasteiger partial charge in [0, 0.05) is 34.3 Å². The van der Waals surface area contributed by atoms with Gasteiger partial charge in [-0.1, -0.05) is 72.3 Å². The van der Waals surface area contributed by atoms with Gasteiger partial charge in [-0.15, -0.1) is 0 Å². The van der Waals surface area contributed by atoms with Gasteiger partial charge in [-0.2, -0.15) is 11.8 Å². The number of nitrogens with one attached hydrogen (secondary N) is 1. The summed E-state index contributed by atoms with van der Waals surface area (Å²) < 4.78 is 6.56. The van der Waals surface area contributed by atoms with Crippen molar-refractivity contribution in [3.63, 3.8) is 0 Å². The second-order valence-corrected chi connectivity index (χ2v) is 13.6. The summed E-state index contributed by atoms with van der Waals surface area (Å²) in [6, 6.07) is 32.8. The third-order valence-electron chi connectivity index (χ3n) is 8.41. The van der Waals surface area contributed by atoms with E-state index in [-0.39, 0.29) is 31.3 Å². The first-order valence-electron chi connectivity index (χ1n) is 16.0. The third-order valence-corrected chi connectivity index (χ3v) is 9.31. The van der Waals surface area contributed by atoms with Crippen molar-refractivity contribution in [2.45, 2.75) is 52.4 Å². The zero-order valence-electron chi connectivity index (χ0n) is 28.7. The molecule has 1 atom stereocenters. The van der Waals surface area contributed by atoms with Gasteiger partial charge in [0.05, 0.1) is 18.6 Å². The molecule has 6 nitrogen and oxygen atoms in total. The molecule has 5 rings (SSSR count). The number of aryl methyl sites for hydroxylation is 1. The number of aliphatic carboxylic acids is 1. The standard InChI is InChI=1S/C40H41ClN2O4S.Li/c1-26(2)43(25-32-23-35(29-11-6-5-7-12-29)38(47-32)30-15-17-31(41)18-16-30)24-28-14-19-34(36(22-28)33-13-9-8-10-27(33)3)39(44)42-37(40(45)46)20-21-48-4;/h5-19,22-23,26,37H,20-21,24-25H2,1-4H3,(H,42,44)(H,45,46);/q;+1/p-1/t37-;/m0./s1. The molecule has 1 amide bonds. The number of carboxylic acids is 1. The Morgan fingerprint density at radius 3 is 2.20 bits per heavy atom. The monoisotopic (exact) mass is 686 g/mol. The number of nitrogens with zero attached hydrogens (tertiary/aromatic N) is 1. The molecular weight excluding hydrogens is 647 g/mol. The Kier molecular flexibility index (Phi) is 13.8. The third kappa shape index (κ3) is 9.72. The number of thioether (sulfide) groups is 1. The van der Waals surface area contributed by atoms with Crippen LogP contribution < -0.4 is 29.3 Å². The van der Waals surface area contributed by atoms with E-state index in [2.05, 4.69) is 42.3 Å². The van der Waals surface area contributed by atoms with E-state index < -0.39 is 17.9 Å². The van der Waals surface area contributed by atoms with E-state index in [9.17, 15) is 14.7 Å². The Bertz CT molecular complexity index is 1860. The van der Waals surface area contributed by atoms with Gasteiger partial charge in [0.1, 0.15) is 11.5 Å². The van der Waals surface area contributed by atoms with Crippen LogP contribution in [0.1, 0.15) is 47.5 Å². The smallest absolute Gasteiger partial charge is 0.548 e. The molecule has 1 heterocycles. The second kappa shape index (κ2) is 17.8. The molecule has 248 valence electrons. The summed E-state index contributed by atoms with van der Waals surface area (Å²) in [5.41, 5.74) is 7.16. The molecule has 0 aliphatic heterocycles. The van der Waals surface area contributed by atoms with Crippen LogP contribution in [0.5, 0.6) is 0 Å². The molecule has 1 N–H and O–H groups in total. The van der Waals surface area contributed by atoms with Gasteiger partial charge in [-0.05, 0) is 109 Å². The van der Waals surface area contributed by atoms with Crippen molar-refractivity contribution in [2.75, 3.05) is 12.0 Å². The van der Waals surface area contributed by atoms with E-state index in [4.69, 9.17) is 16.0 Å². The number of hydrogen-bond donors (Lipinski definition) is 1. The van der Waals surface area contributed by atoms with Crippen LogP contribution in [0, 0.1) is 6.92 Å². The Morgan fingerprint density at radius 1 is 0.857 bits per heavy atom. The van der Waals surface area contributed by atoms with Gasteiger partial charge in [0.2, 0.25) is 0 Å². The maximum absolute atomic E-state index is 13.6. The number of carbonyl (C=O) groups excluding carboxylic acids is 2. The zero-order valence-corrected chi connectivity index (χ0v) is 30.2. The van der Waals surface area contributed by atoms with Gasteiger partial charge in [-0.3, -0.25) is 9.69 Å². The molecule has 0 bridgehead atoms. The molecule has 1 aromatic heterocycles. The fraction of sp³-hybridized carbons (Fsp3) is 0.250. The van der Waals surface area contributed by atoms with E-state index in [1.807, 2.05) is 92.0 Å². The Balaban J connectivity index is 0.00000541. The van der Waals surface area contributed by atoms with Crippen LogP contribution in [0.4, 0.5) is 0 Å². The summed E-state index contributed by atoms with van der Waals surface area (Å²) in [5.74, 6) is 0.501. The molecule has 49 heavy (non-hydrogen) atoms. The summed E-state index contributed by atoms with van der Waals surface area (Å²) in [6.07, 6.45) is 2.19. The van der Waals surface area contributed by atoms with Crippen LogP contribution in [0.15, 0.2) is 108 Å². The number of furan rings is 1. The van der Waals surface area contributed by atoms with E-state index in [1.165, 1.54) is 11.8 Å². The Hall–Kier alpha value is -3.70. The van der Waals surface area contributed by atoms with Gasteiger partial charge in [0.15, 0.2) is 0 Å². The van der Waals surface area contributed by atoms with Crippen LogP contribution in [-0.4, -0.2) is 40.9 Å². The molecule has 0 saturated heterocycles. The maximum atomic E-state index is 13.6. The Morgan fingerprint density at radius 2 is 1.55 bits per heavy atom. The van der Waals surface area contributed by atoms with Gasteiger partial charge in [0.25, 0.3) is 5.91 Å². The average molecular weight is 687 g/mol. The molecule has 0 saturated carbocycles. The fourth-order valence-corrected chi connectivity index (χ4v) is 6.33.